The molecule has 180 valence electrons. The van der Waals surface area contributed by atoms with Crippen LogP contribution in [0, 0.1) is 0 Å². The number of nitrogens with zero attached hydrogens (tertiary/aromatic N) is 2. The van der Waals surface area contributed by atoms with Crippen molar-refractivity contribution in [1.82, 2.24) is 0 Å². The summed E-state index contributed by atoms with van der Waals surface area (Å²) >= 11 is 0. The molecular formula is C28H53N2O+. The van der Waals surface area contributed by atoms with Gasteiger partial charge in [0, 0.05) is 6.42 Å². The molecule has 0 N–H and O–H groups in total. The average molecular weight is 434 g/mol. The summed E-state index contributed by atoms with van der Waals surface area (Å²) in [6, 6.07) is 0. The highest BCUT2D eigenvalue weighted by Crippen LogP contribution is 2.22. The molecule has 0 fully saturated rings. The Morgan fingerprint density at radius 2 is 1.10 bits per heavy atom. The quantitative estimate of drug-likeness (QED) is 0.131. The van der Waals surface area contributed by atoms with Gasteiger partial charge in [-0.25, -0.2) is 9.79 Å². The van der Waals surface area contributed by atoms with E-state index in [1.165, 1.54) is 109 Å². The Bertz CT molecular complexity index is 511. The summed E-state index contributed by atoms with van der Waals surface area (Å²) < 4.78 is 0.328. The first-order valence-electron chi connectivity index (χ1n) is 13.8. The minimum absolute atomic E-state index is 0.322. The molecule has 1 heterocycles. The van der Waals surface area contributed by atoms with E-state index in [-0.39, 0.29) is 0 Å². The summed E-state index contributed by atoms with van der Waals surface area (Å²) in [5, 5.41) is 0. The summed E-state index contributed by atoms with van der Waals surface area (Å²) in [4.78, 5) is 17.5. The molecule has 0 radical (unpaired) electrons. The van der Waals surface area contributed by atoms with E-state index in [1.54, 1.807) is 0 Å². The SMILES string of the molecule is CCCCCCCCCCCCC1=NC=C[N+]1(C)C(=O)CCCCCCCCCCC. The van der Waals surface area contributed by atoms with Gasteiger partial charge in [0.15, 0.2) is 0 Å². The van der Waals surface area contributed by atoms with Gasteiger partial charge in [-0.3, -0.25) is 0 Å². The highest BCUT2D eigenvalue weighted by Gasteiger charge is 2.37. The van der Waals surface area contributed by atoms with Gasteiger partial charge >= 0.3 is 5.91 Å². The fourth-order valence-electron chi connectivity index (χ4n) is 4.57. The van der Waals surface area contributed by atoms with E-state index in [2.05, 4.69) is 18.8 Å². The minimum Gasteiger partial charge on any atom is -0.230 e. The molecule has 1 amide bonds. The van der Waals surface area contributed by atoms with E-state index >= 15 is 0 Å². The number of carbonyl (C=O) groups is 1. The van der Waals surface area contributed by atoms with Crippen LogP contribution in [0.1, 0.15) is 149 Å². The van der Waals surface area contributed by atoms with Crippen LogP contribution in [-0.2, 0) is 4.79 Å². The predicted octanol–water partition coefficient (Wildman–Crippen LogP) is 9.07. The second kappa shape index (κ2) is 18.6. The summed E-state index contributed by atoms with van der Waals surface area (Å²) in [5.41, 5.74) is 0. The fourth-order valence-corrected chi connectivity index (χ4v) is 4.57. The van der Waals surface area contributed by atoms with Gasteiger partial charge in [-0.05, 0) is 12.8 Å². The molecule has 3 heteroatoms. The number of amidine groups is 1. The monoisotopic (exact) mass is 433 g/mol. The van der Waals surface area contributed by atoms with E-state index in [9.17, 15) is 4.79 Å². The van der Waals surface area contributed by atoms with Crippen LogP contribution in [0.5, 0.6) is 0 Å². The highest BCUT2D eigenvalue weighted by atomic mass is 16.2. The summed E-state index contributed by atoms with van der Waals surface area (Å²) in [6.07, 6.45) is 30.6. The Labute approximate surface area is 194 Å². The third-order valence-corrected chi connectivity index (χ3v) is 6.89. The second-order valence-electron chi connectivity index (χ2n) is 9.82. The number of carbonyl (C=O) groups excluding carboxylic acids is 1. The first-order valence-corrected chi connectivity index (χ1v) is 13.8. The number of unbranched alkanes of at least 4 members (excludes halogenated alkanes) is 17. The molecule has 0 aromatic carbocycles. The minimum atomic E-state index is 0.322. The maximum absolute atomic E-state index is 12.9. The molecule has 0 spiro atoms. The molecule has 31 heavy (non-hydrogen) atoms. The Morgan fingerprint density at radius 3 is 1.58 bits per heavy atom. The number of rotatable bonds is 21. The maximum atomic E-state index is 12.9. The van der Waals surface area contributed by atoms with Crippen LogP contribution >= 0.6 is 0 Å². The normalized spacial score (nSPS) is 18.0. The molecule has 1 unspecified atom stereocenters. The van der Waals surface area contributed by atoms with Gasteiger partial charge in [0.2, 0.25) is 5.84 Å². The van der Waals surface area contributed by atoms with Crippen LogP contribution < -0.4 is 0 Å². The molecule has 0 aromatic heterocycles. The summed E-state index contributed by atoms with van der Waals surface area (Å²) in [5.74, 6) is 1.38. The molecule has 0 aliphatic carbocycles. The second-order valence-corrected chi connectivity index (χ2v) is 9.82. The topological polar surface area (TPSA) is 29.4 Å². The van der Waals surface area contributed by atoms with Crippen molar-refractivity contribution in [3.63, 3.8) is 0 Å². The predicted molar refractivity (Wildman–Crippen MR) is 136 cm³/mol. The molecule has 1 rings (SSSR count). The first kappa shape index (κ1) is 28.1. The standard InChI is InChI=1S/C28H53N2O/c1-4-6-8-10-12-14-16-17-19-21-23-27-29-25-26-30(27,3)28(31)24-22-20-18-15-13-11-9-7-5-2/h25-26H,4-24H2,1-3H3/q+1. The number of quaternary nitrogens is 1. The van der Waals surface area contributed by atoms with E-state index in [0.29, 0.717) is 16.8 Å². The lowest BCUT2D eigenvalue weighted by atomic mass is 10.0. The molecule has 0 aromatic rings. The number of amides is 1. The van der Waals surface area contributed by atoms with Gasteiger partial charge in [0.05, 0.1) is 19.7 Å². The van der Waals surface area contributed by atoms with Crippen LogP contribution in [0.2, 0.25) is 0 Å². The third-order valence-electron chi connectivity index (χ3n) is 6.89. The zero-order chi connectivity index (χ0) is 22.6. The molecule has 0 saturated carbocycles. The average Bonchev–Trinajstić information content (AvgIpc) is 3.15. The number of hydrogen-bond donors (Lipinski definition) is 0. The van der Waals surface area contributed by atoms with Crippen LogP contribution in [0.15, 0.2) is 17.4 Å². The first-order chi connectivity index (χ1) is 15.1. The number of aliphatic imine (C=N–C) groups is 1. The van der Waals surface area contributed by atoms with E-state index in [0.717, 1.165) is 25.1 Å². The Morgan fingerprint density at radius 1 is 0.677 bits per heavy atom. The van der Waals surface area contributed by atoms with E-state index < -0.39 is 0 Å². The van der Waals surface area contributed by atoms with Gasteiger partial charge in [-0.2, -0.15) is 4.48 Å². The molecule has 1 atom stereocenters. The molecule has 1 aliphatic rings. The summed E-state index contributed by atoms with van der Waals surface area (Å²) in [7, 11) is 2.04. The number of hydrogen-bond acceptors (Lipinski definition) is 2. The van der Waals surface area contributed by atoms with Gasteiger partial charge in [0.1, 0.15) is 6.20 Å². The van der Waals surface area contributed by atoms with Crippen molar-refractivity contribution in [3.05, 3.63) is 12.4 Å². The van der Waals surface area contributed by atoms with E-state index in [1.807, 2.05) is 19.4 Å². The Kier molecular flexibility index (Phi) is 16.8. The van der Waals surface area contributed by atoms with Crippen LogP contribution in [0.3, 0.4) is 0 Å². The molecular weight excluding hydrogens is 380 g/mol. The zero-order valence-electron chi connectivity index (χ0n) is 21.3. The fraction of sp³-hybridized carbons (Fsp3) is 0.857. The van der Waals surface area contributed by atoms with Crippen molar-refractivity contribution in [1.29, 1.82) is 0 Å². The molecule has 0 saturated heterocycles. The molecule has 1 aliphatic heterocycles. The maximum Gasteiger partial charge on any atom is 0.324 e. The lowest BCUT2D eigenvalue weighted by Gasteiger charge is -2.25. The van der Waals surface area contributed by atoms with E-state index in [4.69, 9.17) is 0 Å². The zero-order valence-corrected chi connectivity index (χ0v) is 21.3. The van der Waals surface area contributed by atoms with Crippen molar-refractivity contribution in [2.75, 3.05) is 7.05 Å². The largest absolute Gasteiger partial charge is 0.324 e. The van der Waals surface area contributed by atoms with Gasteiger partial charge < -0.3 is 0 Å². The Balaban J connectivity index is 2.09. The molecule has 3 nitrogen and oxygen atoms in total. The summed E-state index contributed by atoms with van der Waals surface area (Å²) in [6.45, 7) is 4.54. The van der Waals surface area contributed by atoms with Crippen molar-refractivity contribution < 1.29 is 9.28 Å². The highest BCUT2D eigenvalue weighted by molar-refractivity contribution is 5.90. The van der Waals surface area contributed by atoms with Crippen molar-refractivity contribution in [3.8, 4) is 0 Å². The van der Waals surface area contributed by atoms with Crippen molar-refractivity contribution in [2.45, 2.75) is 149 Å². The van der Waals surface area contributed by atoms with Crippen LogP contribution in [0.4, 0.5) is 0 Å². The van der Waals surface area contributed by atoms with Crippen molar-refractivity contribution >= 4 is 11.7 Å². The smallest absolute Gasteiger partial charge is 0.230 e. The van der Waals surface area contributed by atoms with Crippen LogP contribution in [-0.4, -0.2) is 23.3 Å². The van der Waals surface area contributed by atoms with Gasteiger partial charge in [-0.1, -0.05) is 123 Å². The molecule has 0 bridgehead atoms. The lowest BCUT2D eigenvalue weighted by molar-refractivity contribution is -0.683. The van der Waals surface area contributed by atoms with Gasteiger partial charge in [0.25, 0.3) is 0 Å². The Hall–Kier alpha value is -0.960. The van der Waals surface area contributed by atoms with Crippen LogP contribution in [0.25, 0.3) is 0 Å². The van der Waals surface area contributed by atoms with Gasteiger partial charge in [-0.15, -0.1) is 0 Å². The van der Waals surface area contributed by atoms with Crippen molar-refractivity contribution in [2.24, 2.45) is 4.99 Å². The third kappa shape index (κ3) is 12.6. The lowest BCUT2D eigenvalue weighted by Crippen LogP contribution is -2.47.